The summed E-state index contributed by atoms with van der Waals surface area (Å²) >= 11 is 1.64. The number of hydrogen-bond donors (Lipinski definition) is 0. The molecule has 20 heavy (non-hydrogen) atoms. The highest BCUT2D eigenvalue weighted by Crippen LogP contribution is 2.40. The van der Waals surface area contributed by atoms with Gasteiger partial charge in [0.05, 0.1) is 17.5 Å². The molecule has 1 aliphatic heterocycles. The third-order valence-corrected chi connectivity index (χ3v) is 4.57. The molecule has 0 saturated heterocycles. The number of carbonyl (C=O) groups excluding carboxylic acids is 1. The number of rotatable bonds is 2. The molecule has 3 rings (SSSR count). The van der Waals surface area contributed by atoms with E-state index in [9.17, 15) is 4.79 Å². The molecule has 0 bridgehead atoms. The molecule has 0 N–H and O–H groups in total. The monoisotopic (exact) mass is 284 g/mol. The van der Waals surface area contributed by atoms with Crippen LogP contribution in [0.15, 0.2) is 47.6 Å². The van der Waals surface area contributed by atoms with Gasteiger partial charge in [0, 0.05) is 17.3 Å². The molecule has 1 aromatic heterocycles. The van der Waals surface area contributed by atoms with Gasteiger partial charge >= 0.3 is 0 Å². The summed E-state index contributed by atoms with van der Waals surface area (Å²) in [4.78, 5) is 19.6. The Labute approximate surface area is 123 Å². The lowest BCUT2D eigenvalue weighted by Gasteiger charge is -2.32. The van der Waals surface area contributed by atoms with Gasteiger partial charge < -0.3 is 4.90 Å². The van der Waals surface area contributed by atoms with E-state index in [4.69, 9.17) is 0 Å². The second kappa shape index (κ2) is 5.29. The first-order valence-electron chi connectivity index (χ1n) is 6.63. The van der Waals surface area contributed by atoms with Crippen LogP contribution < -0.4 is 4.90 Å². The van der Waals surface area contributed by atoms with Gasteiger partial charge in [-0.1, -0.05) is 6.07 Å². The second-order valence-electron chi connectivity index (χ2n) is 5.01. The third-order valence-electron chi connectivity index (χ3n) is 3.41. The summed E-state index contributed by atoms with van der Waals surface area (Å²) in [6.07, 6.45) is 3.53. The van der Waals surface area contributed by atoms with Gasteiger partial charge in [0.25, 0.3) is 0 Å². The highest BCUT2D eigenvalue weighted by Gasteiger charge is 2.30. The molecular formula is C16H16N2OS. The molecular weight excluding hydrogens is 268 g/mol. The standard InChI is InChI=1S/C16H16N2OS/c1-11-3-4-15-14(9-11)18(16(19)12(2)20-15)10-13-5-7-17-8-6-13/h3-9,12H,10H2,1-2H3. The maximum absolute atomic E-state index is 12.5. The molecule has 0 fully saturated rings. The number of nitrogens with zero attached hydrogens (tertiary/aromatic N) is 2. The fourth-order valence-electron chi connectivity index (χ4n) is 2.35. The molecule has 102 valence electrons. The van der Waals surface area contributed by atoms with Crippen molar-refractivity contribution in [3.8, 4) is 0 Å². The molecule has 2 aromatic rings. The zero-order valence-electron chi connectivity index (χ0n) is 11.5. The van der Waals surface area contributed by atoms with Crippen molar-refractivity contribution in [1.82, 2.24) is 4.98 Å². The van der Waals surface area contributed by atoms with Gasteiger partial charge in [-0.15, -0.1) is 11.8 Å². The molecule has 4 heteroatoms. The number of thioether (sulfide) groups is 1. The van der Waals surface area contributed by atoms with E-state index in [1.165, 1.54) is 10.5 Å². The molecule has 1 amide bonds. The van der Waals surface area contributed by atoms with Crippen molar-refractivity contribution in [2.24, 2.45) is 0 Å². The number of carbonyl (C=O) groups is 1. The van der Waals surface area contributed by atoms with Gasteiger partial charge in [0.1, 0.15) is 0 Å². The van der Waals surface area contributed by atoms with E-state index in [1.54, 1.807) is 24.2 Å². The average Bonchev–Trinajstić information content (AvgIpc) is 2.46. The van der Waals surface area contributed by atoms with Gasteiger partial charge in [-0.05, 0) is 49.2 Å². The first-order chi connectivity index (χ1) is 9.65. The van der Waals surface area contributed by atoms with Crippen LogP contribution in [-0.2, 0) is 11.3 Å². The van der Waals surface area contributed by atoms with Gasteiger partial charge in [0.2, 0.25) is 5.91 Å². The quantitative estimate of drug-likeness (QED) is 0.847. The second-order valence-corrected chi connectivity index (χ2v) is 6.39. The molecule has 0 aliphatic carbocycles. The van der Waals surface area contributed by atoms with E-state index >= 15 is 0 Å². The number of aryl methyl sites for hydroxylation is 1. The Morgan fingerprint density at radius 1 is 1.25 bits per heavy atom. The number of benzene rings is 1. The summed E-state index contributed by atoms with van der Waals surface area (Å²) in [5.74, 6) is 0.171. The summed E-state index contributed by atoms with van der Waals surface area (Å²) in [5.41, 5.74) is 3.29. The van der Waals surface area contributed by atoms with Crippen LogP contribution in [0.2, 0.25) is 0 Å². The Hall–Kier alpha value is -1.81. The lowest BCUT2D eigenvalue weighted by atomic mass is 10.1. The van der Waals surface area contributed by atoms with Crippen molar-refractivity contribution in [3.63, 3.8) is 0 Å². The molecule has 1 aromatic carbocycles. The number of aromatic nitrogens is 1. The lowest BCUT2D eigenvalue weighted by molar-refractivity contribution is -0.118. The van der Waals surface area contributed by atoms with E-state index in [1.807, 2.05) is 24.0 Å². The van der Waals surface area contributed by atoms with Crippen molar-refractivity contribution in [1.29, 1.82) is 0 Å². The summed E-state index contributed by atoms with van der Waals surface area (Å²) in [6.45, 7) is 4.62. The molecule has 1 unspecified atom stereocenters. The van der Waals surface area contributed by atoms with Crippen LogP contribution in [0.1, 0.15) is 18.1 Å². The first kappa shape index (κ1) is 13.2. The molecule has 1 atom stereocenters. The molecule has 3 nitrogen and oxygen atoms in total. The van der Waals surface area contributed by atoms with Crippen molar-refractivity contribution < 1.29 is 4.79 Å². The number of fused-ring (bicyclic) bond motifs is 1. The Bertz CT molecular complexity index is 642. The van der Waals surface area contributed by atoms with E-state index in [0.717, 1.165) is 11.3 Å². The van der Waals surface area contributed by atoms with Crippen molar-refractivity contribution >= 4 is 23.4 Å². The lowest BCUT2D eigenvalue weighted by Crippen LogP contribution is -2.39. The third kappa shape index (κ3) is 2.43. The van der Waals surface area contributed by atoms with Crippen LogP contribution in [0.5, 0.6) is 0 Å². The molecule has 1 aliphatic rings. The first-order valence-corrected chi connectivity index (χ1v) is 7.51. The summed E-state index contributed by atoms with van der Waals surface area (Å²) < 4.78 is 0. The Morgan fingerprint density at radius 2 is 2.00 bits per heavy atom. The van der Waals surface area contributed by atoms with Crippen molar-refractivity contribution in [2.75, 3.05) is 4.90 Å². The van der Waals surface area contributed by atoms with Crippen LogP contribution in [0.4, 0.5) is 5.69 Å². The number of anilines is 1. The van der Waals surface area contributed by atoms with E-state index in [0.29, 0.717) is 6.54 Å². The minimum absolute atomic E-state index is 0.0351. The Kier molecular flexibility index (Phi) is 3.49. The zero-order chi connectivity index (χ0) is 14.1. The van der Waals surface area contributed by atoms with Gasteiger partial charge in [0.15, 0.2) is 0 Å². The van der Waals surface area contributed by atoms with Crippen molar-refractivity contribution in [2.45, 2.75) is 30.5 Å². The van der Waals surface area contributed by atoms with Gasteiger partial charge in [-0.25, -0.2) is 0 Å². The topological polar surface area (TPSA) is 33.2 Å². The van der Waals surface area contributed by atoms with E-state index < -0.39 is 0 Å². The zero-order valence-corrected chi connectivity index (χ0v) is 12.4. The Morgan fingerprint density at radius 3 is 2.75 bits per heavy atom. The van der Waals surface area contributed by atoms with Crippen LogP contribution >= 0.6 is 11.8 Å². The predicted molar refractivity (Wildman–Crippen MR) is 81.9 cm³/mol. The van der Waals surface area contributed by atoms with Crippen molar-refractivity contribution in [3.05, 3.63) is 53.9 Å². The Balaban J connectivity index is 2.00. The van der Waals surface area contributed by atoms with Gasteiger partial charge in [-0.2, -0.15) is 0 Å². The van der Waals surface area contributed by atoms with Crippen LogP contribution in [0, 0.1) is 6.92 Å². The SMILES string of the molecule is Cc1ccc2c(c1)N(Cc1ccncc1)C(=O)C(C)S2. The molecule has 0 saturated carbocycles. The van der Waals surface area contributed by atoms with Crippen LogP contribution in [-0.4, -0.2) is 16.1 Å². The number of pyridine rings is 1. The number of hydrogen-bond acceptors (Lipinski definition) is 3. The van der Waals surface area contributed by atoms with E-state index in [-0.39, 0.29) is 11.2 Å². The fraction of sp³-hybridized carbons (Fsp3) is 0.250. The highest BCUT2D eigenvalue weighted by molar-refractivity contribution is 8.00. The molecule has 2 heterocycles. The van der Waals surface area contributed by atoms with Crippen LogP contribution in [0.3, 0.4) is 0 Å². The van der Waals surface area contributed by atoms with Gasteiger partial charge in [-0.3, -0.25) is 9.78 Å². The smallest absolute Gasteiger partial charge is 0.240 e. The highest BCUT2D eigenvalue weighted by atomic mass is 32.2. The maximum Gasteiger partial charge on any atom is 0.240 e. The fourth-order valence-corrected chi connectivity index (χ4v) is 3.40. The largest absolute Gasteiger partial charge is 0.306 e. The minimum atomic E-state index is -0.0351. The summed E-state index contributed by atoms with van der Waals surface area (Å²) in [7, 11) is 0. The summed E-state index contributed by atoms with van der Waals surface area (Å²) in [5, 5.41) is -0.0351. The minimum Gasteiger partial charge on any atom is -0.306 e. The maximum atomic E-state index is 12.5. The molecule has 0 radical (unpaired) electrons. The number of amides is 1. The average molecular weight is 284 g/mol. The summed E-state index contributed by atoms with van der Waals surface area (Å²) in [6, 6.07) is 10.2. The van der Waals surface area contributed by atoms with Crippen LogP contribution in [0.25, 0.3) is 0 Å². The predicted octanol–water partition coefficient (Wildman–Crippen LogP) is 3.42. The molecule has 0 spiro atoms. The van der Waals surface area contributed by atoms with E-state index in [2.05, 4.69) is 30.1 Å². The normalized spacial score (nSPS) is 18.0.